The minimum absolute atomic E-state index is 0.168. The van der Waals surface area contributed by atoms with Gasteiger partial charge >= 0.3 is 0 Å². The monoisotopic (exact) mass is 167 g/mol. The molecule has 2 rings (SSSR count). The lowest BCUT2D eigenvalue weighted by molar-refractivity contribution is 0.265. The van der Waals surface area contributed by atoms with Gasteiger partial charge in [0.1, 0.15) is 17.2 Å². The lowest BCUT2D eigenvalue weighted by atomic mass is 10.0. The minimum atomic E-state index is -0.198. The zero-order valence-electron chi connectivity index (χ0n) is 6.45. The Morgan fingerprint density at radius 3 is 3.17 bits per heavy atom. The first-order chi connectivity index (χ1) is 5.83. The highest BCUT2D eigenvalue weighted by atomic mass is 16.5. The predicted octanol–water partition coefficient (Wildman–Crippen LogP) is 1.01. The summed E-state index contributed by atoms with van der Waals surface area (Å²) in [5, 5.41) is 21.9. The van der Waals surface area contributed by atoms with Crippen LogP contribution in [-0.4, -0.2) is 15.4 Å². The summed E-state index contributed by atoms with van der Waals surface area (Å²) in [6.07, 6.45) is 3.21. The molecule has 12 heavy (non-hydrogen) atoms. The second-order valence-corrected chi connectivity index (χ2v) is 2.71. The quantitative estimate of drug-likeness (QED) is 0.655. The van der Waals surface area contributed by atoms with Gasteiger partial charge in [-0.05, 0) is 12.5 Å². The van der Waals surface area contributed by atoms with Gasteiger partial charge in [-0.3, -0.25) is 0 Å². The van der Waals surface area contributed by atoms with Gasteiger partial charge < -0.3 is 14.7 Å². The van der Waals surface area contributed by atoms with Crippen molar-refractivity contribution >= 4 is 5.76 Å². The molecule has 2 N–H and O–H groups in total. The van der Waals surface area contributed by atoms with E-state index in [2.05, 4.69) is 5.16 Å². The number of aromatic nitrogens is 1. The third-order valence-electron chi connectivity index (χ3n) is 1.95. The molecule has 1 aliphatic carbocycles. The summed E-state index contributed by atoms with van der Waals surface area (Å²) in [6, 6.07) is 0. The van der Waals surface area contributed by atoms with Gasteiger partial charge in [0.05, 0.1) is 12.2 Å². The van der Waals surface area contributed by atoms with E-state index in [1.165, 1.54) is 0 Å². The first-order valence-corrected chi connectivity index (χ1v) is 3.80. The SMILES string of the molecule is OCc1noc2c1C(O)=CCC2. The second kappa shape index (κ2) is 2.64. The van der Waals surface area contributed by atoms with Crippen LogP contribution in [-0.2, 0) is 13.0 Å². The Balaban J connectivity index is 2.54. The standard InChI is InChI=1S/C8H9NO3/c10-4-5-8-6(11)2-1-3-7(8)12-9-5/h2,10-11H,1,3-4H2. The maximum Gasteiger partial charge on any atom is 0.148 e. The van der Waals surface area contributed by atoms with Gasteiger partial charge in [-0.25, -0.2) is 0 Å². The molecule has 0 aromatic carbocycles. The zero-order valence-corrected chi connectivity index (χ0v) is 6.45. The molecule has 0 unspecified atom stereocenters. The molecule has 4 heteroatoms. The van der Waals surface area contributed by atoms with Crippen LogP contribution in [0.5, 0.6) is 0 Å². The summed E-state index contributed by atoms with van der Waals surface area (Å²) in [5.41, 5.74) is 0.988. The minimum Gasteiger partial charge on any atom is -0.507 e. The highest BCUT2D eigenvalue weighted by molar-refractivity contribution is 5.63. The molecule has 1 aliphatic rings. The van der Waals surface area contributed by atoms with E-state index in [9.17, 15) is 5.11 Å². The van der Waals surface area contributed by atoms with Crippen molar-refractivity contribution in [1.29, 1.82) is 0 Å². The molecule has 0 saturated carbocycles. The predicted molar refractivity (Wildman–Crippen MR) is 41.4 cm³/mol. The summed E-state index contributed by atoms with van der Waals surface area (Å²) in [6.45, 7) is -0.198. The van der Waals surface area contributed by atoms with E-state index in [0.29, 0.717) is 17.0 Å². The van der Waals surface area contributed by atoms with Crippen molar-refractivity contribution in [2.45, 2.75) is 19.4 Å². The van der Waals surface area contributed by atoms with Crippen molar-refractivity contribution < 1.29 is 14.7 Å². The van der Waals surface area contributed by atoms with Crippen LogP contribution in [0.3, 0.4) is 0 Å². The molecular formula is C8H9NO3. The molecule has 1 aromatic heterocycles. The number of fused-ring (bicyclic) bond motifs is 1. The number of aliphatic hydroxyl groups is 2. The number of rotatable bonds is 1. The molecule has 0 bridgehead atoms. The van der Waals surface area contributed by atoms with E-state index >= 15 is 0 Å². The normalized spacial score (nSPS) is 15.6. The van der Waals surface area contributed by atoms with Crippen LogP contribution in [0.2, 0.25) is 0 Å². The molecule has 0 spiro atoms. The van der Waals surface area contributed by atoms with Crippen LogP contribution in [0, 0.1) is 0 Å². The second-order valence-electron chi connectivity index (χ2n) is 2.71. The van der Waals surface area contributed by atoms with Gasteiger partial charge in [0.2, 0.25) is 0 Å². The van der Waals surface area contributed by atoms with Gasteiger partial charge in [0, 0.05) is 6.42 Å². The van der Waals surface area contributed by atoms with Crippen molar-refractivity contribution in [2.75, 3.05) is 0 Å². The van der Waals surface area contributed by atoms with Crippen molar-refractivity contribution in [3.63, 3.8) is 0 Å². The lowest BCUT2D eigenvalue weighted by Crippen LogP contribution is -1.98. The fourth-order valence-electron chi connectivity index (χ4n) is 1.37. The number of hydrogen-bond donors (Lipinski definition) is 2. The van der Waals surface area contributed by atoms with Crippen LogP contribution in [0.4, 0.5) is 0 Å². The maximum absolute atomic E-state index is 9.41. The Labute approximate surface area is 69.1 Å². The van der Waals surface area contributed by atoms with Crippen LogP contribution < -0.4 is 0 Å². The van der Waals surface area contributed by atoms with E-state index in [4.69, 9.17) is 9.63 Å². The summed E-state index contributed by atoms with van der Waals surface area (Å²) in [7, 11) is 0. The topological polar surface area (TPSA) is 66.5 Å². The Morgan fingerprint density at radius 2 is 2.42 bits per heavy atom. The third-order valence-corrected chi connectivity index (χ3v) is 1.95. The molecule has 0 radical (unpaired) electrons. The van der Waals surface area contributed by atoms with Crippen molar-refractivity contribution in [2.24, 2.45) is 0 Å². The van der Waals surface area contributed by atoms with Gasteiger partial charge in [0.25, 0.3) is 0 Å². The molecule has 64 valence electrons. The van der Waals surface area contributed by atoms with Crippen molar-refractivity contribution in [1.82, 2.24) is 5.16 Å². The summed E-state index contributed by atoms with van der Waals surface area (Å²) >= 11 is 0. The van der Waals surface area contributed by atoms with E-state index < -0.39 is 0 Å². The number of aliphatic hydroxyl groups excluding tert-OH is 2. The molecule has 0 atom stereocenters. The molecule has 1 aromatic rings. The first kappa shape index (κ1) is 7.36. The van der Waals surface area contributed by atoms with Gasteiger partial charge in [0.15, 0.2) is 0 Å². The summed E-state index contributed by atoms with van der Waals surface area (Å²) in [5.74, 6) is 0.834. The fourth-order valence-corrected chi connectivity index (χ4v) is 1.37. The highest BCUT2D eigenvalue weighted by Gasteiger charge is 2.21. The molecule has 0 fully saturated rings. The third kappa shape index (κ3) is 0.921. The Kier molecular flexibility index (Phi) is 1.62. The van der Waals surface area contributed by atoms with Gasteiger partial charge in [-0.15, -0.1) is 0 Å². The van der Waals surface area contributed by atoms with Crippen molar-refractivity contribution in [3.05, 3.63) is 23.1 Å². The average Bonchev–Trinajstić information content (AvgIpc) is 2.49. The molecule has 0 amide bonds. The smallest absolute Gasteiger partial charge is 0.148 e. The molecule has 4 nitrogen and oxygen atoms in total. The van der Waals surface area contributed by atoms with E-state index in [1.807, 2.05) is 0 Å². The zero-order chi connectivity index (χ0) is 8.55. The van der Waals surface area contributed by atoms with Gasteiger partial charge in [-0.2, -0.15) is 0 Å². The lowest BCUT2D eigenvalue weighted by Gasteiger charge is -2.05. The molecule has 0 saturated heterocycles. The fraction of sp³-hybridized carbons (Fsp3) is 0.375. The number of aryl methyl sites for hydroxylation is 1. The number of nitrogens with zero attached hydrogens (tertiary/aromatic N) is 1. The van der Waals surface area contributed by atoms with Crippen molar-refractivity contribution in [3.8, 4) is 0 Å². The largest absolute Gasteiger partial charge is 0.507 e. The summed E-state index contributed by atoms with van der Waals surface area (Å²) in [4.78, 5) is 0. The Hall–Kier alpha value is -1.29. The van der Waals surface area contributed by atoms with E-state index in [0.717, 1.165) is 12.8 Å². The Bertz CT molecular complexity index is 327. The summed E-state index contributed by atoms with van der Waals surface area (Å²) < 4.78 is 4.94. The molecule has 1 heterocycles. The maximum atomic E-state index is 9.41. The first-order valence-electron chi connectivity index (χ1n) is 3.80. The average molecular weight is 167 g/mol. The van der Waals surface area contributed by atoms with Gasteiger partial charge in [-0.1, -0.05) is 5.16 Å². The van der Waals surface area contributed by atoms with Crippen LogP contribution in [0.25, 0.3) is 5.76 Å². The number of hydrogen-bond acceptors (Lipinski definition) is 4. The van der Waals surface area contributed by atoms with E-state index in [-0.39, 0.29) is 12.4 Å². The highest BCUT2D eigenvalue weighted by Crippen LogP contribution is 2.27. The molecular weight excluding hydrogens is 158 g/mol. The Morgan fingerprint density at radius 1 is 1.58 bits per heavy atom. The van der Waals surface area contributed by atoms with E-state index in [1.54, 1.807) is 6.08 Å². The molecule has 0 aliphatic heterocycles. The van der Waals surface area contributed by atoms with Crippen LogP contribution >= 0.6 is 0 Å². The number of allylic oxidation sites excluding steroid dienone is 1. The van der Waals surface area contributed by atoms with Crippen LogP contribution in [0.1, 0.15) is 23.4 Å². The van der Waals surface area contributed by atoms with Crippen LogP contribution in [0.15, 0.2) is 10.6 Å².